The van der Waals surface area contributed by atoms with Crippen LogP contribution in [0.1, 0.15) is 31.2 Å². The standard InChI is InChI=1S/C24H28ClN3OS/c1-15-11-18(25)22(21(12-15)29-2)19-5-4-6-20-23(24(30-3)26-28(19)20)27(13-16-7-8-16)14-17-9-10-17/h4-6,11-12,16-17H,7-10,13-14H2,1-3H3. The van der Waals surface area contributed by atoms with Crippen LogP contribution in [0, 0.1) is 18.8 Å². The number of methoxy groups -OCH3 is 1. The van der Waals surface area contributed by atoms with E-state index in [9.17, 15) is 0 Å². The average molecular weight is 442 g/mol. The first-order chi connectivity index (χ1) is 14.6. The highest BCUT2D eigenvalue weighted by molar-refractivity contribution is 7.98. The van der Waals surface area contributed by atoms with Crippen LogP contribution in [0.2, 0.25) is 5.02 Å². The number of hydrogen-bond donors (Lipinski definition) is 0. The van der Waals surface area contributed by atoms with Crippen LogP contribution in [0.25, 0.3) is 16.8 Å². The average Bonchev–Trinajstić information content (AvgIpc) is 3.66. The molecule has 0 bridgehead atoms. The Hall–Kier alpha value is -1.85. The summed E-state index contributed by atoms with van der Waals surface area (Å²) in [7, 11) is 1.70. The molecule has 6 heteroatoms. The number of halogens is 1. The molecule has 0 unspecified atom stereocenters. The third-order valence-corrected chi connectivity index (χ3v) is 7.10. The zero-order valence-corrected chi connectivity index (χ0v) is 19.4. The molecular formula is C24H28ClN3OS. The van der Waals surface area contributed by atoms with Crippen LogP contribution >= 0.6 is 23.4 Å². The number of ether oxygens (including phenoxy) is 1. The van der Waals surface area contributed by atoms with Gasteiger partial charge in [0.25, 0.3) is 0 Å². The molecule has 158 valence electrons. The Morgan fingerprint density at radius 3 is 2.47 bits per heavy atom. The van der Waals surface area contributed by atoms with Crippen molar-refractivity contribution >= 4 is 34.6 Å². The van der Waals surface area contributed by atoms with Gasteiger partial charge in [0.2, 0.25) is 0 Å². The van der Waals surface area contributed by atoms with E-state index < -0.39 is 0 Å². The molecule has 3 aromatic rings. The summed E-state index contributed by atoms with van der Waals surface area (Å²) in [5, 5.41) is 6.83. The van der Waals surface area contributed by atoms with Gasteiger partial charge in [0, 0.05) is 13.1 Å². The van der Waals surface area contributed by atoms with Gasteiger partial charge in [-0.15, -0.1) is 11.8 Å². The molecule has 2 aliphatic rings. The number of hydrogen-bond acceptors (Lipinski definition) is 4. The smallest absolute Gasteiger partial charge is 0.142 e. The second kappa shape index (κ2) is 8.01. The highest BCUT2D eigenvalue weighted by Crippen LogP contribution is 2.43. The zero-order chi connectivity index (χ0) is 20.8. The summed E-state index contributed by atoms with van der Waals surface area (Å²) in [6.07, 6.45) is 7.55. The van der Waals surface area contributed by atoms with E-state index in [1.165, 1.54) is 31.4 Å². The number of nitrogens with zero attached hydrogens (tertiary/aromatic N) is 3. The van der Waals surface area contributed by atoms with Crippen molar-refractivity contribution in [3.8, 4) is 17.0 Å². The molecular weight excluding hydrogens is 414 g/mol. The fourth-order valence-electron chi connectivity index (χ4n) is 4.26. The predicted molar refractivity (Wildman–Crippen MR) is 126 cm³/mol. The van der Waals surface area contributed by atoms with Crippen molar-refractivity contribution in [3.63, 3.8) is 0 Å². The number of thioether (sulfide) groups is 1. The van der Waals surface area contributed by atoms with Crippen LogP contribution in [0.15, 0.2) is 35.4 Å². The zero-order valence-electron chi connectivity index (χ0n) is 17.8. The Morgan fingerprint density at radius 2 is 1.87 bits per heavy atom. The molecule has 2 heterocycles. The van der Waals surface area contributed by atoms with Gasteiger partial charge in [0.1, 0.15) is 10.8 Å². The van der Waals surface area contributed by atoms with Crippen molar-refractivity contribution in [3.05, 3.63) is 40.9 Å². The van der Waals surface area contributed by atoms with Crippen LogP contribution in [0.3, 0.4) is 0 Å². The van der Waals surface area contributed by atoms with Gasteiger partial charge in [0.05, 0.1) is 34.6 Å². The molecule has 2 aromatic heterocycles. The van der Waals surface area contributed by atoms with Crippen LogP contribution in [0.5, 0.6) is 5.75 Å². The molecule has 0 amide bonds. The summed E-state index contributed by atoms with van der Waals surface area (Å²) < 4.78 is 7.76. The molecule has 0 N–H and O–H groups in total. The SMILES string of the molecule is COc1cc(C)cc(Cl)c1-c1cccc2c(N(CC3CC3)CC3CC3)c(SC)nn12. The maximum absolute atomic E-state index is 6.71. The van der Waals surface area contributed by atoms with E-state index in [1.807, 2.05) is 19.1 Å². The van der Waals surface area contributed by atoms with Crippen LogP contribution in [0.4, 0.5) is 5.69 Å². The first-order valence-corrected chi connectivity index (χ1v) is 12.3. The number of fused-ring (bicyclic) bond motifs is 1. The van der Waals surface area contributed by atoms with Crippen LogP contribution in [-0.2, 0) is 0 Å². The predicted octanol–water partition coefficient (Wildman–Crippen LogP) is 6.32. The van der Waals surface area contributed by atoms with Gasteiger partial charge >= 0.3 is 0 Å². The number of aryl methyl sites for hydroxylation is 1. The third-order valence-electron chi connectivity index (χ3n) is 6.14. The summed E-state index contributed by atoms with van der Waals surface area (Å²) in [4.78, 5) is 2.61. The number of aromatic nitrogens is 2. The van der Waals surface area contributed by atoms with Crippen molar-refractivity contribution in [2.24, 2.45) is 11.8 Å². The van der Waals surface area contributed by atoms with Crippen molar-refractivity contribution in [2.45, 2.75) is 37.6 Å². The van der Waals surface area contributed by atoms with Crippen molar-refractivity contribution in [1.29, 1.82) is 0 Å². The summed E-state index contributed by atoms with van der Waals surface area (Å²) in [6, 6.07) is 10.4. The van der Waals surface area contributed by atoms with Gasteiger partial charge in [-0.05, 0) is 80.5 Å². The number of pyridine rings is 1. The van der Waals surface area contributed by atoms with E-state index in [1.54, 1.807) is 18.9 Å². The summed E-state index contributed by atoms with van der Waals surface area (Å²) in [5.41, 5.74) is 5.38. The molecule has 0 radical (unpaired) electrons. The molecule has 5 rings (SSSR count). The highest BCUT2D eigenvalue weighted by Gasteiger charge is 2.32. The first-order valence-electron chi connectivity index (χ1n) is 10.7. The Bertz CT molecular complexity index is 1070. The van der Waals surface area contributed by atoms with Crippen molar-refractivity contribution in [2.75, 3.05) is 31.4 Å². The number of rotatable bonds is 8. The molecule has 0 atom stereocenters. The van der Waals surface area contributed by atoms with Gasteiger partial charge < -0.3 is 9.64 Å². The molecule has 4 nitrogen and oxygen atoms in total. The minimum Gasteiger partial charge on any atom is -0.496 e. The van der Waals surface area contributed by atoms with Crippen molar-refractivity contribution in [1.82, 2.24) is 9.61 Å². The topological polar surface area (TPSA) is 29.8 Å². The van der Waals surface area contributed by atoms with E-state index in [0.717, 1.165) is 58.0 Å². The fraction of sp³-hybridized carbons (Fsp3) is 0.458. The number of benzene rings is 1. The van der Waals surface area contributed by atoms with E-state index in [4.69, 9.17) is 21.4 Å². The van der Waals surface area contributed by atoms with Crippen LogP contribution in [-0.4, -0.2) is 36.1 Å². The normalized spacial score (nSPS) is 16.3. The van der Waals surface area contributed by atoms with Gasteiger partial charge in [0.15, 0.2) is 0 Å². The van der Waals surface area contributed by atoms with Gasteiger partial charge in [-0.3, -0.25) is 0 Å². The Morgan fingerprint density at radius 1 is 1.17 bits per heavy atom. The summed E-state index contributed by atoms with van der Waals surface area (Å²) in [5.74, 6) is 2.45. The van der Waals surface area contributed by atoms with Crippen molar-refractivity contribution < 1.29 is 4.74 Å². The number of anilines is 1. The lowest BCUT2D eigenvalue weighted by molar-refractivity contribution is 0.416. The van der Waals surface area contributed by atoms with E-state index in [-0.39, 0.29) is 0 Å². The molecule has 0 aliphatic heterocycles. The molecule has 1 aromatic carbocycles. The highest BCUT2D eigenvalue weighted by atomic mass is 35.5. The molecule has 2 aliphatic carbocycles. The Labute approximate surface area is 187 Å². The Kier molecular flexibility index (Phi) is 5.36. The van der Waals surface area contributed by atoms with Gasteiger partial charge in [-0.1, -0.05) is 17.7 Å². The minimum atomic E-state index is 0.690. The Balaban J connectivity index is 1.68. The van der Waals surface area contributed by atoms with Gasteiger partial charge in [-0.2, -0.15) is 5.10 Å². The lowest BCUT2D eigenvalue weighted by Crippen LogP contribution is -2.28. The maximum atomic E-state index is 6.71. The van der Waals surface area contributed by atoms with E-state index in [0.29, 0.717) is 5.02 Å². The second-order valence-corrected chi connectivity index (χ2v) is 9.88. The molecule has 0 spiro atoms. The molecule has 0 saturated heterocycles. The lowest BCUT2D eigenvalue weighted by atomic mass is 10.1. The fourth-order valence-corrected chi connectivity index (χ4v) is 5.21. The van der Waals surface area contributed by atoms with E-state index in [2.05, 4.69) is 33.9 Å². The lowest BCUT2D eigenvalue weighted by Gasteiger charge is -2.25. The second-order valence-electron chi connectivity index (χ2n) is 8.68. The minimum absolute atomic E-state index is 0.690. The van der Waals surface area contributed by atoms with Crippen LogP contribution < -0.4 is 9.64 Å². The first kappa shape index (κ1) is 20.1. The molecule has 30 heavy (non-hydrogen) atoms. The summed E-state index contributed by atoms with van der Waals surface area (Å²) in [6.45, 7) is 4.32. The van der Waals surface area contributed by atoms with Gasteiger partial charge in [-0.25, -0.2) is 4.52 Å². The largest absolute Gasteiger partial charge is 0.496 e. The monoisotopic (exact) mass is 441 g/mol. The third kappa shape index (κ3) is 3.78. The quantitative estimate of drug-likeness (QED) is 0.382. The molecule has 2 fully saturated rings. The molecule has 2 saturated carbocycles. The summed E-state index contributed by atoms with van der Waals surface area (Å²) >= 11 is 8.44. The van der Waals surface area contributed by atoms with E-state index >= 15 is 0 Å². The maximum Gasteiger partial charge on any atom is 0.142 e.